The number of rotatable bonds is 5. The summed E-state index contributed by atoms with van der Waals surface area (Å²) < 4.78 is 32.5. The zero-order valence-electron chi connectivity index (χ0n) is 11.8. The summed E-state index contributed by atoms with van der Waals surface area (Å²) in [5, 5.41) is 0. The first-order valence-electron chi connectivity index (χ1n) is 6.29. The Balaban J connectivity index is 2.38. The van der Waals surface area contributed by atoms with E-state index in [9.17, 15) is 8.42 Å². The van der Waals surface area contributed by atoms with E-state index in [-0.39, 0.29) is 11.4 Å². The Hall–Kier alpha value is -2.12. The smallest absolute Gasteiger partial charge is 0.261 e. The molecule has 0 spiro atoms. The molecule has 0 aliphatic carbocycles. The minimum atomic E-state index is -3.69. The van der Waals surface area contributed by atoms with Crippen molar-refractivity contribution in [2.24, 2.45) is 5.73 Å². The van der Waals surface area contributed by atoms with Gasteiger partial charge in [0.25, 0.3) is 10.0 Å². The summed E-state index contributed by atoms with van der Waals surface area (Å²) in [5.74, 6) is 0.564. The van der Waals surface area contributed by atoms with Crippen LogP contribution in [0.25, 0.3) is 0 Å². The number of sulfonamides is 1. The van der Waals surface area contributed by atoms with Crippen molar-refractivity contribution in [3.63, 3.8) is 0 Å². The fraction of sp³-hybridized carbons (Fsp3) is 0.214. The second kappa shape index (κ2) is 6.11. The van der Waals surface area contributed by atoms with Crippen molar-refractivity contribution in [3.8, 4) is 5.75 Å². The van der Waals surface area contributed by atoms with E-state index in [0.717, 1.165) is 0 Å². The first-order valence-corrected chi connectivity index (χ1v) is 7.77. The number of pyridine rings is 1. The number of nitrogens with zero attached hydrogens (tertiary/aromatic N) is 1. The second-order valence-electron chi connectivity index (χ2n) is 4.42. The summed E-state index contributed by atoms with van der Waals surface area (Å²) >= 11 is 0. The molecule has 0 aliphatic heterocycles. The van der Waals surface area contributed by atoms with E-state index in [0.29, 0.717) is 22.7 Å². The van der Waals surface area contributed by atoms with Crippen molar-refractivity contribution in [2.45, 2.75) is 18.4 Å². The van der Waals surface area contributed by atoms with Crippen molar-refractivity contribution in [3.05, 3.63) is 47.8 Å². The van der Waals surface area contributed by atoms with Crippen LogP contribution in [0.3, 0.4) is 0 Å². The molecule has 2 aromatic rings. The summed E-state index contributed by atoms with van der Waals surface area (Å²) in [7, 11) is -2.18. The van der Waals surface area contributed by atoms with E-state index in [1.807, 2.05) is 0 Å². The van der Waals surface area contributed by atoms with Gasteiger partial charge in [-0.25, -0.2) is 8.42 Å². The van der Waals surface area contributed by atoms with Crippen LogP contribution in [-0.4, -0.2) is 20.5 Å². The first-order chi connectivity index (χ1) is 9.97. The SMILES string of the molecule is COc1ccc(S(=O)(=O)Nc2cccnc2C)cc1CN. The highest BCUT2D eigenvalue weighted by atomic mass is 32.2. The third-order valence-electron chi connectivity index (χ3n) is 3.03. The number of methoxy groups -OCH3 is 1. The monoisotopic (exact) mass is 307 g/mol. The van der Waals surface area contributed by atoms with Crippen LogP contribution in [0.2, 0.25) is 0 Å². The van der Waals surface area contributed by atoms with E-state index in [1.165, 1.54) is 19.2 Å². The van der Waals surface area contributed by atoms with Gasteiger partial charge in [0.05, 0.1) is 23.4 Å². The maximum atomic E-state index is 12.4. The lowest BCUT2D eigenvalue weighted by molar-refractivity contribution is 0.409. The number of hydrogen-bond donors (Lipinski definition) is 2. The van der Waals surface area contributed by atoms with Crippen LogP contribution in [0.1, 0.15) is 11.3 Å². The van der Waals surface area contributed by atoms with Gasteiger partial charge in [-0.2, -0.15) is 0 Å². The predicted octanol–water partition coefficient (Wildman–Crippen LogP) is 1.66. The minimum Gasteiger partial charge on any atom is -0.496 e. The molecule has 1 heterocycles. The number of hydrogen-bond acceptors (Lipinski definition) is 5. The van der Waals surface area contributed by atoms with Crippen molar-refractivity contribution >= 4 is 15.7 Å². The number of aromatic nitrogens is 1. The standard InChI is InChI=1S/C14H17N3O3S/c1-10-13(4-3-7-16-10)17-21(18,19)12-5-6-14(20-2)11(8-12)9-15/h3-8,17H,9,15H2,1-2H3. The molecule has 21 heavy (non-hydrogen) atoms. The molecule has 112 valence electrons. The second-order valence-corrected chi connectivity index (χ2v) is 6.10. The molecule has 0 bridgehead atoms. The maximum Gasteiger partial charge on any atom is 0.261 e. The highest BCUT2D eigenvalue weighted by Crippen LogP contribution is 2.24. The van der Waals surface area contributed by atoms with E-state index < -0.39 is 10.0 Å². The summed E-state index contributed by atoms with van der Waals surface area (Å²) in [6.45, 7) is 1.93. The van der Waals surface area contributed by atoms with Gasteiger partial charge in [0, 0.05) is 18.3 Å². The highest BCUT2D eigenvalue weighted by Gasteiger charge is 2.17. The fourth-order valence-electron chi connectivity index (χ4n) is 1.88. The molecule has 0 amide bonds. The lowest BCUT2D eigenvalue weighted by Gasteiger charge is -2.12. The molecule has 0 saturated heterocycles. The third kappa shape index (κ3) is 3.32. The van der Waals surface area contributed by atoms with Crippen LogP contribution >= 0.6 is 0 Å². The van der Waals surface area contributed by atoms with Crippen molar-refractivity contribution in [1.82, 2.24) is 4.98 Å². The number of nitrogens with two attached hydrogens (primary N) is 1. The van der Waals surface area contributed by atoms with Gasteiger partial charge >= 0.3 is 0 Å². The quantitative estimate of drug-likeness (QED) is 0.876. The molecule has 0 atom stereocenters. The molecule has 6 nitrogen and oxygen atoms in total. The Morgan fingerprint density at radius 2 is 2.10 bits per heavy atom. The zero-order valence-corrected chi connectivity index (χ0v) is 12.6. The molecule has 7 heteroatoms. The van der Waals surface area contributed by atoms with E-state index in [2.05, 4.69) is 9.71 Å². The molecule has 0 radical (unpaired) electrons. The molecule has 1 aromatic heterocycles. The maximum absolute atomic E-state index is 12.4. The van der Waals surface area contributed by atoms with Crippen molar-refractivity contribution in [2.75, 3.05) is 11.8 Å². The average Bonchev–Trinajstić information content (AvgIpc) is 2.48. The average molecular weight is 307 g/mol. The molecule has 0 saturated carbocycles. The molecule has 0 fully saturated rings. The molecule has 0 aliphatic rings. The number of nitrogens with one attached hydrogen (secondary N) is 1. The van der Waals surface area contributed by atoms with Crippen molar-refractivity contribution < 1.29 is 13.2 Å². The fourth-order valence-corrected chi connectivity index (χ4v) is 3.05. The lowest BCUT2D eigenvalue weighted by Crippen LogP contribution is -2.15. The summed E-state index contributed by atoms with van der Waals surface area (Å²) in [5.41, 5.74) is 7.29. The zero-order chi connectivity index (χ0) is 15.5. The minimum absolute atomic E-state index is 0.131. The molecular weight excluding hydrogens is 290 g/mol. The molecule has 3 N–H and O–H groups in total. The van der Waals surface area contributed by atoms with Gasteiger partial charge in [-0.1, -0.05) is 0 Å². The largest absolute Gasteiger partial charge is 0.496 e. The van der Waals surface area contributed by atoms with Gasteiger partial charge in [0.1, 0.15) is 5.75 Å². The number of anilines is 1. The molecule has 0 unspecified atom stereocenters. The molecule has 2 rings (SSSR count). The van der Waals surface area contributed by atoms with Crippen LogP contribution in [-0.2, 0) is 16.6 Å². The van der Waals surface area contributed by atoms with Gasteiger partial charge < -0.3 is 10.5 Å². The highest BCUT2D eigenvalue weighted by molar-refractivity contribution is 7.92. The van der Waals surface area contributed by atoms with E-state index in [4.69, 9.17) is 10.5 Å². The topological polar surface area (TPSA) is 94.3 Å². The van der Waals surface area contributed by atoms with Crippen molar-refractivity contribution in [1.29, 1.82) is 0 Å². The van der Waals surface area contributed by atoms with Crippen LogP contribution in [0.4, 0.5) is 5.69 Å². The van der Waals surface area contributed by atoms with Gasteiger partial charge in [-0.15, -0.1) is 0 Å². The molecular formula is C14H17N3O3S. The third-order valence-corrected chi connectivity index (χ3v) is 4.40. The number of ether oxygens (including phenoxy) is 1. The first kappa shape index (κ1) is 15.3. The number of aryl methyl sites for hydroxylation is 1. The van der Waals surface area contributed by atoms with Crippen LogP contribution < -0.4 is 15.2 Å². The Labute approximate surface area is 124 Å². The Morgan fingerprint density at radius 1 is 1.33 bits per heavy atom. The van der Waals surface area contributed by atoms with Gasteiger partial charge in [-0.05, 0) is 37.3 Å². The summed E-state index contributed by atoms with van der Waals surface area (Å²) in [6.07, 6.45) is 1.60. The Morgan fingerprint density at radius 3 is 2.71 bits per heavy atom. The molecule has 1 aromatic carbocycles. The van der Waals surface area contributed by atoms with Gasteiger partial charge in [0.2, 0.25) is 0 Å². The van der Waals surface area contributed by atoms with E-state index >= 15 is 0 Å². The Bertz CT molecular complexity index is 745. The van der Waals surface area contributed by atoms with Crippen LogP contribution in [0.15, 0.2) is 41.4 Å². The Kier molecular flexibility index (Phi) is 4.44. The lowest BCUT2D eigenvalue weighted by atomic mass is 10.2. The number of benzene rings is 1. The van der Waals surface area contributed by atoms with Gasteiger partial charge in [-0.3, -0.25) is 9.71 Å². The predicted molar refractivity (Wildman–Crippen MR) is 80.7 cm³/mol. The van der Waals surface area contributed by atoms with Crippen LogP contribution in [0, 0.1) is 6.92 Å². The summed E-state index contributed by atoms with van der Waals surface area (Å²) in [4.78, 5) is 4.18. The van der Waals surface area contributed by atoms with Crippen LogP contribution in [0.5, 0.6) is 5.75 Å². The normalized spacial score (nSPS) is 11.2. The summed E-state index contributed by atoms with van der Waals surface area (Å²) in [6, 6.07) is 7.91. The van der Waals surface area contributed by atoms with E-state index in [1.54, 1.807) is 31.3 Å². The van der Waals surface area contributed by atoms with Gasteiger partial charge in [0.15, 0.2) is 0 Å².